The molecule has 0 saturated heterocycles. The van der Waals surface area contributed by atoms with Gasteiger partial charge in [-0.3, -0.25) is 4.79 Å². The van der Waals surface area contributed by atoms with Gasteiger partial charge in [-0.05, 0) is 37.5 Å². The average molecular weight is 356 g/mol. The first-order chi connectivity index (χ1) is 12.6. The van der Waals surface area contributed by atoms with Crippen LogP contribution >= 0.6 is 0 Å². The molecule has 0 aliphatic rings. The average Bonchev–Trinajstić information content (AvgIpc) is 2.65. The number of rotatable bonds is 10. The minimum Gasteiger partial charge on any atom is -0.491 e. The van der Waals surface area contributed by atoms with E-state index in [-0.39, 0.29) is 5.91 Å². The Kier molecular flexibility index (Phi) is 8.12. The van der Waals surface area contributed by atoms with Crippen molar-refractivity contribution < 1.29 is 14.3 Å². The van der Waals surface area contributed by atoms with E-state index < -0.39 is 6.04 Å². The number of aryl methyl sites for hydroxylation is 1. The molecule has 0 aliphatic carbocycles. The van der Waals surface area contributed by atoms with Gasteiger partial charge < -0.3 is 20.5 Å². The Morgan fingerprint density at radius 3 is 2.65 bits per heavy atom. The lowest BCUT2D eigenvalue weighted by Crippen LogP contribution is -2.41. The Balaban J connectivity index is 1.90. The number of ether oxygens (including phenoxy) is 2. The topological polar surface area (TPSA) is 73.6 Å². The molecule has 0 aliphatic heterocycles. The van der Waals surface area contributed by atoms with Crippen molar-refractivity contribution in [2.75, 3.05) is 19.8 Å². The van der Waals surface area contributed by atoms with Crippen LogP contribution in [0.15, 0.2) is 48.5 Å². The third-order valence-electron chi connectivity index (χ3n) is 4.00. The zero-order chi connectivity index (χ0) is 18.8. The highest BCUT2D eigenvalue weighted by Gasteiger charge is 2.14. The Morgan fingerprint density at radius 2 is 1.92 bits per heavy atom. The maximum atomic E-state index is 12.3. The molecular weight excluding hydrogens is 328 g/mol. The summed E-state index contributed by atoms with van der Waals surface area (Å²) in [6.45, 7) is 6.02. The van der Waals surface area contributed by atoms with Crippen molar-refractivity contribution >= 4 is 5.91 Å². The second-order valence-corrected chi connectivity index (χ2v) is 6.17. The highest BCUT2D eigenvalue weighted by molar-refractivity contribution is 5.81. The van der Waals surface area contributed by atoms with Crippen molar-refractivity contribution in [1.82, 2.24) is 5.32 Å². The molecule has 0 aromatic heterocycles. The number of benzene rings is 2. The highest BCUT2D eigenvalue weighted by Crippen LogP contribution is 2.20. The Hall–Kier alpha value is -2.37. The largest absolute Gasteiger partial charge is 0.491 e. The molecule has 2 rings (SSSR count). The van der Waals surface area contributed by atoms with E-state index in [9.17, 15) is 4.79 Å². The summed E-state index contributed by atoms with van der Waals surface area (Å²) in [4.78, 5) is 12.3. The zero-order valence-electron chi connectivity index (χ0n) is 15.5. The lowest BCUT2D eigenvalue weighted by atomic mass is 10.1. The lowest BCUT2D eigenvalue weighted by Gasteiger charge is -2.15. The molecule has 140 valence electrons. The minimum atomic E-state index is -0.579. The van der Waals surface area contributed by atoms with Gasteiger partial charge in [0.25, 0.3) is 0 Å². The van der Waals surface area contributed by atoms with Gasteiger partial charge in [0.1, 0.15) is 12.4 Å². The molecule has 0 heterocycles. The van der Waals surface area contributed by atoms with Crippen LogP contribution in [0.3, 0.4) is 0 Å². The van der Waals surface area contributed by atoms with E-state index in [1.54, 1.807) is 0 Å². The fraction of sp³-hybridized carbons (Fsp3) is 0.381. The van der Waals surface area contributed by atoms with Gasteiger partial charge in [0.05, 0.1) is 12.6 Å². The van der Waals surface area contributed by atoms with Crippen LogP contribution in [0.4, 0.5) is 0 Å². The quantitative estimate of drug-likeness (QED) is 0.642. The number of hydrogen-bond acceptors (Lipinski definition) is 4. The van der Waals surface area contributed by atoms with Gasteiger partial charge in [0.15, 0.2) is 0 Å². The van der Waals surface area contributed by atoms with Gasteiger partial charge in [0.2, 0.25) is 5.91 Å². The number of nitrogens with one attached hydrogen (secondary N) is 1. The molecule has 1 atom stereocenters. The summed E-state index contributed by atoms with van der Waals surface area (Å²) in [5, 5.41) is 2.91. The van der Waals surface area contributed by atoms with Crippen molar-refractivity contribution in [2.24, 2.45) is 5.73 Å². The fourth-order valence-electron chi connectivity index (χ4n) is 2.57. The molecule has 0 spiro atoms. The van der Waals surface area contributed by atoms with E-state index in [4.69, 9.17) is 15.2 Å². The number of amides is 1. The van der Waals surface area contributed by atoms with Gasteiger partial charge in [-0.1, -0.05) is 42.5 Å². The van der Waals surface area contributed by atoms with Gasteiger partial charge >= 0.3 is 0 Å². The predicted octanol–water partition coefficient (Wildman–Crippen LogP) is 2.60. The van der Waals surface area contributed by atoms with Crippen LogP contribution in [0.1, 0.15) is 23.6 Å². The van der Waals surface area contributed by atoms with E-state index in [0.717, 1.165) is 22.4 Å². The highest BCUT2D eigenvalue weighted by atomic mass is 16.5. The summed E-state index contributed by atoms with van der Waals surface area (Å²) in [6, 6.07) is 15.1. The molecule has 0 radical (unpaired) electrons. The van der Waals surface area contributed by atoms with Crippen LogP contribution in [-0.4, -0.2) is 31.8 Å². The van der Waals surface area contributed by atoms with Crippen LogP contribution in [-0.2, 0) is 22.5 Å². The first-order valence-electron chi connectivity index (χ1n) is 8.97. The van der Waals surface area contributed by atoms with Crippen LogP contribution in [0.5, 0.6) is 5.75 Å². The summed E-state index contributed by atoms with van der Waals surface area (Å²) in [7, 11) is 0. The molecule has 0 fully saturated rings. The molecule has 0 saturated carbocycles. The van der Waals surface area contributed by atoms with Crippen LogP contribution in [0.25, 0.3) is 0 Å². The van der Waals surface area contributed by atoms with E-state index >= 15 is 0 Å². The molecule has 0 unspecified atom stereocenters. The van der Waals surface area contributed by atoms with Crippen LogP contribution in [0, 0.1) is 6.92 Å². The number of carbonyl (C=O) groups excluding carboxylic acids is 1. The van der Waals surface area contributed by atoms with E-state index in [1.807, 2.05) is 62.4 Å². The summed E-state index contributed by atoms with van der Waals surface area (Å²) in [5.41, 5.74) is 9.10. The van der Waals surface area contributed by atoms with Crippen LogP contribution < -0.4 is 15.8 Å². The molecule has 5 heteroatoms. The molecule has 1 amide bonds. The first kappa shape index (κ1) is 19.9. The third-order valence-corrected chi connectivity index (χ3v) is 4.00. The van der Waals surface area contributed by atoms with Crippen molar-refractivity contribution in [2.45, 2.75) is 32.9 Å². The van der Waals surface area contributed by atoms with Crippen molar-refractivity contribution in [3.63, 3.8) is 0 Å². The van der Waals surface area contributed by atoms with Crippen LogP contribution in [0.2, 0.25) is 0 Å². The Bertz CT molecular complexity index is 689. The van der Waals surface area contributed by atoms with Crippen molar-refractivity contribution in [1.29, 1.82) is 0 Å². The van der Waals surface area contributed by atoms with Crippen molar-refractivity contribution in [3.8, 4) is 5.75 Å². The van der Waals surface area contributed by atoms with E-state index in [0.29, 0.717) is 32.8 Å². The van der Waals surface area contributed by atoms with Gasteiger partial charge in [-0.25, -0.2) is 0 Å². The number of carbonyl (C=O) groups is 1. The lowest BCUT2D eigenvalue weighted by molar-refractivity contribution is -0.122. The fourth-order valence-corrected chi connectivity index (χ4v) is 2.57. The molecule has 26 heavy (non-hydrogen) atoms. The summed E-state index contributed by atoms with van der Waals surface area (Å²) >= 11 is 0. The molecule has 0 bridgehead atoms. The van der Waals surface area contributed by atoms with Gasteiger partial charge in [0, 0.05) is 18.7 Å². The number of hydrogen-bond donors (Lipinski definition) is 2. The Morgan fingerprint density at radius 1 is 1.15 bits per heavy atom. The van der Waals surface area contributed by atoms with E-state index in [1.165, 1.54) is 0 Å². The monoisotopic (exact) mass is 356 g/mol. The smallest absolute Gasteiger partial charge is 0.237 e. The van der Waals surface area contributed by atoms with Gasteiger partial charge in [-0.2, -0.15) is 0 Å². The zero-order valence-corrected chi connectivity index (χ0v) is 15.5. The standard InChI is InChI=1S/C21H28N2O3/c1-3-25-11-12-26-20-13-16(2)9-10-18(20)15-23-21(24)19(22)14-17-7-5-4-6-8-17/h4-10,13,19H,3,11-12,14-15,22H2,1-2H3,(H,23,24)/t19-/m0/s1. The summed E-state index contributed by atoms with van der Waals surface area (Å²) in [5.74, 6) is 0.594. The van der Waals surface area contributed by atoms with Crippen molar-refractivity contribution in [3.05, 3.63) is 65.2 Å². The summed E-state index contributed by atoms with van der Waals surface area (Å²) < 4.78 is 11.1. The van der Waals surface area contributed by atoms with Gasteiger partial charge in [-0.15, -0.1) is 0 Å². The van der Waals surface area contributed by atoms with E-state index in [2.05, 4.69) is 5.32 Å². The minimum absolute atomic E-state index is 0.172. The molecule has 5 nitrogen and oxygen atoms in total. The molecule has 3 N–H and O–H groups in total. The molecule has 2 aromatic carbocycles. The summed E-state index contributed by atoms with van der Waals surface area (Å²) in [6.07, 6.45) is 0.512. The molecular formula is C21H28N2O3. The predicted molar refractivity (Wildman–Crippen MR) is 103 cm³/mol. The maximum Gasteiger partial charge on any atom is 0.237 e. The SMILES string of the molecule is CCOCCOc1cc(C)ccc1CNC(=O)[C@@H](N)Cc1ccccc1. The second kappa shape index (κ2) is 10.6. The normalized spacial score (nSPS) is 11.8. The third kappa shape index (κ3) is 6.50. The Labute approximate surface area is 155 Å². The maximum absolute atomic E-state index is 12.3. The molecule has 2 aromatic rings. The number of nitrogens with two attached hydrogens (primary N) is 1. The first-order valence-corrected chi connectivity index (χ1v) is 8.97. The second-order valence-electron chi connectivity index (χ2n) is 6.17.